The zero-order chi connectivity index (χ0) is 14.1. The van der Waals surface area contributed by atoms with E-state index in [-0.39, 0.29) is 5.56 Å². The van der Waals surface area contributed by atoms with Gasteiger partial charge in [0.15, 0.2) is 0 Å². The number of hydrogen-bond donors (Lipinski definition) is 0. The summed E-state index contributed by atoms with van der Waals surface area (Å²) in [6.07, 6.45) is 0.580. The molecule has 2 aromatic carbocycles. The fourth-order valence-electron chi connectivity index (χ4n) is 2.25. The second kappa shape index (κ2) is 5.10. The maximum absolute atomic E-state index is 12.3. The van der Waals surface area contributed by atoms with Crippen molar-refractivity contribution in [3.05, 3.63) is 75.3 Å². The summed E-state index contributed by atoms with van der Waals surface area (Å²) in [7, 11) is 1.75. The first-order chi connectivity index (χ1) is 9.65. The monoisotopic (exact) mass is 284 g/mol. The Morgan fingerprint density at radius 2 is 1.95 bits per heavy atom. The number of aromatic nitrogens is 2. The Hall–Kier alpha value is -2.13. The van der Waals surface area contributed by atoms with Crippen LogP contribution in [0.1, 0.15) is 11.4 Å². The first-order valence-corrected chi connectivity index (χ1v) is 6.72. The quantitative estimate of drug-likeness (QED) is 0.724. The van der Waals surface area contributed by atoms with Crippen molar-refractivity contribution in [2.24, 2.45) is 7.05 Å². The van der Waals surface area contributed by atoms with E-state index in [1.54, 1.807) is 17.7 Å². The number of para-hydroxylation sites is 1. The van der Waals surface area contributed by atoms with E-state index in [1.807, 2.05) is 42.5 Å². The lowest BCUT2D eigenvalue weighted by atomic mass is 10.1. The number of halogens is 1. The van der Waals surface area contributed by atoms with E-state index in [4.69, 9.17) is 11.6 Å². The minimum Gasteiger partial charge on any atom is -0.299 e. The average molecular weight is 285 g/mol. The maximum Gasteiger partial charge on any atom is 0.261 e. The molecule has 0 saturated heterocycles. The molecule has 0 aliphatic carbocycles. The van der Waals surface area contributed by atoms with E-state index >= 15 is 0 Å². The highest BCUT2D eigenvalue weighted by molar-refractivity contribution is 6.30. The summed E-state index contributed by atoms with van der Waals surface area (Å²) >= 11 is 5.99. The zero-order valence-corrected chi connectivity index (χ0v) is 11.8. The van der Waals surface area contributed by atoms with Crippen molar-refractivity contribution in [1.82, 2.24) is 9.55 Å². The number of hydrogen-bond acceptors (Lipinski definition) is 2. The fourth-order valence-corrected chi connectivity index (χ4v) is 2.46. The summed E-state index contributed by atoms with van der Waals surface area (Å²) in [6.45, 7) is 0. The zero-order valence-electron chi connectivity index (χ0n) is 11.0. The molecule has 0 aliphatic heterocycles. The summed E-state index contributed by atoms with van der Waals surface area (Å²) in [4.78, 5) is 16.9. The predicted octanol–water partition coefficient (Wildman–Crippen LogP) is 3.18. The second-order valence-corrected chi connectivity index (χ2v) is 5.15. The van der Waals surface area contributed by atoms with E-state index in [1.165, 1.54) is 0 Å². The third kappa shape index (κ3) is 2.32. The third-order valence-electron chi connectivity index (χ3n) is 3.33. The molecule has 1 aromatic heterocycles. The summed E-state index contributed by atoms with van der Waals surface area (Å²) in [6, 6.07) is 15.0. The van der Waals surface area contributed by atoms with Crippen LogP contribution in [0.25, 0.3) is 10.9 Å². The molecule has 0 saturated carbocycles. The van der Waals surface area contributed by atoms with Gasteiger partial charge in [0.1, 0.15) is 5.82 Å². The van der Waals surface area contributed by atoms with Crippen molar-refractivity contribution in [2.75, 3.05) is 0 Å². The third-order valence-corrected chi connectivity index (χ3v) is 3.56. The Kier molecular flexibility index (Phi) is 3.28. The molecule has 0 radical (unpaired) electrons. The lowest BCUT2D eigenvalue weighted by molar-refractivity contribution is 0.763. The van der Waals surface area contributed by atoms with Crippen molar-refractivity contribution in [2.45, 2.75) is 6.42 Å². The molecular formula is C16H13ClN2O. The van der Waals surface area contributed by atoms with Gasteiger partial charge in [0.2, 0.25) is 0 Å². The Morgan fingerprint density at radius 3 is 2.75 bits per heavy atom. The Balaban J connectivity index is 2.12. The summed E-state index contributed by atoms with van der Waals surface area (Å²) in [5.41, 5.74) is 1.75. The predicted molar refractivity (Wildman–Crippen MR) is 81.2 cm³/mol. The van der Waals surface area contributed by atoms with Crippen LogP contribution in [0.4, 0.5) is 0 Å². The number of fused-ring (bicyclic) bond motifs is 1. The van der Waals surface area contributed by atoms with Gasteiger partial charge >= 0.3 is 0 Å². The van der Waals surface area contributed by atoms with Crippen LogP contribution in [0.2, 0.25) is 5.02 Å². The molecule has 0 bridgehead atoms. The molecule has 0 aliphatic rings. The van der Waals surface area contributed by atoms with E-state index in [0.717, 1.165) is 16.9 Å². The highest BCUT2D eigenvalue weighted by Gasteiger charge is 2.08. The molecule has 4 heteroatoms. The SMILES string of the molecule is Cn1c(Cc2cccc(Cl)c2)nc2ccccc2c1=O. The molecule has 100 valence electrons. The Bertz CT molecular complexity index is 839. The van der Waals surface area contributed by atoms with E-state index in [2.05, 4.69) is 4.98 Å². The molecule has 0 amide bonds. The van der Waals surface area contributed by atoms with Gasteiger partial charge < -0.3 is 0 Å². The largest absolute Gasteiger partial charge is 0.299 e. The van der Waals surface area contributed by atoms with Crippen LogP contribution in [0.15, 0.2) is 53.3 Å². The van der Waals surface area contributed by atoms with Crippen molar-refractivity contribution in [3.8, 4) is 0 Å². The molecule has 0 N–H and O–H groups in total. The van der Waals surface area contributed by atoms with Gasteiger partial charge in [-0.25, -0.2) is 4.98 Å². The number of benzene rings is 2. The van der Waals surface area contributed by atoms with E-state index in [0.29, 0.717) is 16.8 Å². The van der Waals surface area contributed by atoms with Gasteiger partial charge in [-0.2, -0.15) is 0 Å². The molecule has 0 unspecified atom stereocenters. The van der Waals surface area contributed by atoms with Crippen LogP contribution in [-0.2, 0) is 13.5 Å². The fraction of sp³-hybridized carbons (Fsp3) is 0.125. The Labute approximate surface area is 121 Å². The molecule has 1 heterocycles. The molecule has 20 heavy (non-hydrogen) atoms. The molecule has 0 fully saturated rings. The highest BCUT2D eigenvalue weighted by atomic mass is 35.5. The minimum absolute atomic E-state index is 0.0207. The van der Waals surface area contributed by atoms with Gasteiger partial charge in [-0.3, -0.25) is 9.36 Å². The van der Waals surface area contributed by atoms with Crippen LogP contribution in [0.5, 0.6) is 0 Å². The van der Waals surface area contributed by atoms with E-state index in [9.17, 15) is 4.79 Å². The molecule has 3 nitrogen and oxygen atoms in total. The van der Waals surface area contributed by atoms with Crippen molar-refractivity contribution < 1.29 is 0 Å². The summed E-state index contributed by atoms with van der Waals surface area (Å²) in [5, 5.41) is 1.33. The minimum atomic E-state index is -0.0207. The highest BCUT2D eigenvalue weighted by Crippen LogP contribution is 2.14. The first kappa shape index (κ1) is 12.9. The number of nitrogens with zero attached hydrogens (tertiary/aromatic N) is 2. The van der Waals surface area contributed by atoms with Crippen molar-refractivity contribution in [3.63, 3.8) is 0 Å². The van der Waals surface area contributed by atoms with E-state index < -0.39 is 0 Å². The van der Waals surface area contributed by atoms with Gasteiger partial charge in [-0.1, -0.05) is 35.9 Å². The standard InChI is InChI=1S/C16H13ClN2O/c1-19-15(10-11-5-4-6-12(17)9-11)18-14-8-3-2-7-13(14)16(19)20/h2-9H,10H2,1H3. The molecule has 0 spiro atoms. The molecular weight excluding hydrogens is 272 g/mol. The normalized spacial score (nSPS) is 10.9. The smallest absolute Gasteiger partial charge is 0.261 e. The topological polar surface area (TPSA) is 34.9 Å². The maximum atomic E-state index is 12.3. The summed E-state index contributed by atoms with van der Waals surface area (Å²) in [5.74, 6) is 0.732. The first-order valence-electron chi connectivity index (χ1n) is 6.34. The van der Waals surface area contributed by atoms with Gasteiger partial charge in [0, 0.05) is 18.5 Å². The van der Waals surface area contributed by atoms with Gasteiger partial charge in [0.25, 0.3) is 5.56 Å². The van der Waals surface area contributed by atoms with Crippen LogP contribution < -0.4 is 5.56 Å². The van der Waals surface area contributed by atoms with Crippen LogP contribution in [0.3, 0.4) is 0 Å². The lowest BCUT2D eigenvalue weighted by Gasteiger charge is -2.09. The van der Waals surface area contributed by atoms with Gasteiger partial charge in [-0.15, -0.1) is 0 Å². The van der Waals surface area contributed by atoms with Crippen molar-refractivity contribution >= 4 is 22.5 Å². The van der Waals surface area contributed by atoms with Crippen LogP contribution >= 0.6 is 11.6 Å². The van der Waals surface area contributed by atoms with Crippen LogP contribution in [0, 0.1) is 0 Å². The summed E-state index contributed by atoms with van der Waals surface area (Å²) < 4.78 is 1.60. The Morgan fingerprint density at radius 1 is 1.15 bits per heavy atom. The van der Waals surface area contributed by atoms with Gasteiger partial charge in [0.05, 0.1) is 10.9 Å². The van der Waals surface area contributed by atoms with Crippen LogP contribution in [-0.4, -0.2) is 9.55 Å². The molecule has 3 aromatic rings. The molecule has 0 atom stereocenters. The average Bonchev–Trinajstić information content (AvgIpc) is 2.45. The second-order valence-electron chi connectivity index (χ2n) is 4.72. The lowest BCUT2D eigenvalue weighted by Crippen LogP contribution is -2.22. The molecule has 3 rings (SSSR count). The van der Waals surface area contributed by atoms with Gasteiger partial charge in [-0.05, 0) is 29.8 Å². The van der Waals surface area contributed by atoms with Crippen molar-refractivity contribution in [1.29, 1.82) is 0 Å². The number of rotatable bonds is 2.